The van der Waals surface area contributed by atoms with Crippen LogP contribution < -0.4 is 0 Å². The van der Waals surface area contributed by atoms with Crippen LogP contribution in [-0.4, -0.2) is 24.7 Å². The molecule has 0 amide bonds. The van der Waals surface area contributed by atoms with Crippen LogP contribution in [0.3, 0.4) is 0 Å². The molecule has 0 unspecified atom stereocenters. The fourth-order valence-electron chi connectivity index (χ4n) is 4.02. The van der Waals surface area contributed by atoms with Crippen molar-refractivity contribution in [1.29, 1.82) is 0 Å². The summed E-state index contributed by atoms with van der Waals surface area (Å²) in [5, 5.41) is 4.58. The van der Waals surface area contributed by atoms with Gasteiger partial charge in [0.1, 0.15) is 0 Å². The van der Waals surface area contributed by atoms with Crippen molar-refractivity contribution in [2.75, 3.05) is 0 Å². The Morgan fingerprint density at radius 1 is 0.719 bits per heavy atom. The van der Waals surface area contributed by atoms with E-state index in [1.165, 1.54) is 11.1 Å². The van der Waals surface area contributed by atoms with E-state index in [0.717, 1.165) is 35.3 Å². The van der Waals surface area contributed by atoms with Crippen LogP contribution in [0.5, 0.6) is 0 Å². The summed E-state index contributed by atoms with van der Waals surface area (Å²) in [6.07, 6.45) is 14.1. The van der Waals surface area contributed by atoms with E-state index in [4.69, 9.17) is 4.98 Å². The third-order valence-corrected chi connectivity index (χ3v) is 5.58. The van der Waals surface area contributed by atoms with Crippen molar-refractivity contribution in [2.24, 2.45) is 0 Å². The molecule has 5 rings (SSSR count). The topological polar surface area (TPSA) is 56.5 Å². The summed E-state index contributed by atoms with van der Waals surface area (Å²) in [7, 11) is 0. The Bertz CT molecular complexity index is 1230. The standard InChI is InChI=1S/C27H23N5/c1-2-7-21(8-3-1)19-32-20-25(18-31-32)27-22(9-6-14-30-27)15-26(23-10-4-12-28-16-23)24-11-5-13-29-17-24/h1-14,16-18,20,26H,15,19H2. The van der Waals surface area contributed by atoms with Crippen molar-refractivity contribution in [3.63, 3.8) is 0 Å². The molecule has 0 N–H and O–H groups in total. The van der Waals surface area contributed by atoms with E-state index in [9.17, 15) is 0 Å². The Morgan fingerprint density at radius 3 is 2.12 bits per heavy atom. The van der Waals surface area contributed by atoms with Crippen molar-refractivity contribution in [3.8, 4) is 11.3 Å². The van der Waals surface area contributed by atoms with E-state index in [0.29, 0.717) is 0 Å². The minimum absolute atomic E-state index is 0.139. The van der Waals surface area contributed by atoms with Crippen molar-refractivity contribution >= 4 is 0 Å². The average Bonchev–Trinajstić information content (AvgIpc) is 3.33. The van der Waals surface area contributed by atoms with Crippen LogP contribution >= 0.6 is 0 Å². The van der Waals surface area contributed by atoms with Crippen molar-refractivity contribution < 1.29 is 0 Å². The van der Waals surface area contributed by atoms with Gasteiger partial charge in [-0.05, 0) is 46.9 Å². The van der Waals surface area contributed by atoms with Crippen LogP contribution in [0.4, 0.5) is 0 Å². The smallest absolute Gasteiger partial charge is 0.0765 e. The van der Waals surface area contributed by atoms with Gasteiger partial charge in [-0.15, -0.1) is 0 Å². The molecular formula is C27H23N5. The molecule has 0 saturated heterocycles. The lowest BCUT2D eigenvalue weighted by molar-refractivity contribution is 0.687. The van der Waals surface area contributed by atoms with Crippen LogP contribution in [0, 0.1) is 0 Å². The van der Waals surface area contributed by atoms with Gasteiger partial charge in [-0.1, -0.05) is 48.5 Å². The summed E-state index contributed by atoms with van der Waals surface area (Å²) < 4.78 is 1.96. The molecule has 5 heteroatoms. The van der Waals surface area contributed by atoms with Crippen LogP contribution in [-0.2, 0) is 13.0 Å². The Balaban J connectivity index is 1.47. The first-order valence-electron chi connectivity index (χ1n) is 10.7. The van der Waals surface area contributed by atoms with Gasteiger partial charge in [0.2, 0.25) is 0 Å². The zero-order valence-electron chi connectivity index (χ0n) is 17.6. The van der Waals surface area contributed by atoms with Crippen LogP contribution in [0.25, 0.3) is 11.3 Å². The SMILES string of the molecule is c1ccc(Cn2cc(-c3ncccc3CC(c3cccnc3)c3cccnc3)cn2)cc1. The molecule has 5 aromatic rings. The molecule has 0 radical (unpaired) electrons. The van der Waals surface area contributed by atoms with Crippen molar-refractivity contribution in [2.45, 2.75) is 18.9 Å². The maximum atomic E-state index is 4.73. The van der Waals surface area contributed by atoms with E-state index >= 15 is 0 Å². The Kier molecular flexibility index (Phi) is 5.79. The maximum absolute atomic E-state index is 4.73. The number of hydrogen-bond donors (Lipinski definition) is 0. The Morgan fingerprint density at radius 2 is 1.44 bits per heavy atom. The highest BCUT2D eigenvalue weighted by Gasteiger charge is 2.19. The third-order valence-electron chi connectivity index (χ3n) is 5.58. The first kappa shape index (κ1) is 19.8. The monoisotopic (exact) mass is 417 g/mol. The van der Waals surface area contributed by atoms with Crippen LogP contribution in [0.2, 0.25) is 0 Å². The van der Waals surface area contributed by atoms with E-state index in [2.05, 4.69) is 51.6 Å². The number of aromatic nitrogens is 5. The molecule has 1 aromatic carbocycles. The molecule has 4 aromatic heterocycles. The molecular weight excluding hydrogens is 394 g/mol. The van der Waals surface area contributed by atoms with Gasteiger partial charge in [-0.3, -0.25) is 19.6 Å². The Labute approximate surface area is 187 Å². The van der Waals surface area contributed by atoms with Gasteiger partial charge in [0.05, 0.1) is 18.4 Å². The van der Waals surface area contributed by atoms with Gasteiger partial charge in [0.25, 0.3) is 0 Å². The van der Waals surface area contributed by atoms with Gasteiger partial charge >= 0.3 is 0 Å². The van der Waals surface area contributed by atoms with E-state index in [-0.39, 0.29) is 5.92 Å². The molecule has 0 fully saturated rings. The third kappa shape index (κ3) is 4.47. The van der Waals surface area contributed by atoms with E-state index in [1.54, 1.807) is 12.4 Å². The summed E-state index contributed by atoms with van der Waals surface area (Å²) in [4.78, 5) is 13.4. The lowest BCUT2D eigenvalue weighted by atomic mass is 9.86. The quantitative estimate of drug-likeness (QED) is 0.367. The second-order valence-electron chi connectivity index (χ2n) is 7.75. The van der Waals surface area contributed by atoms with Crippen molar-refractivity contribution in [1.82, 2.24) is 24.7 Å². The highest BCUT2D eigenvalue weighted by molar-refractivity contribution is 5.61. The number of rotatable bonds is 7. The predicted molar refractivity (Wildman–Crippen MR) is 125 cm³/mol. The normalized spacial score (nSPS) is 11.0. The summed E-state index contributed by atoms with van der Waals surface area (Å²) in [5.74, 6) is 0.139. The number of nitrogens with zero attached hydrogens (tertiary/aromatic N) is 5. The van der Waals surface area contributed by atoms with Gasteiger partial charge in [0.15, 0.2) is 0 Å². The van der Waals surface area contributed by atoms with Gasteiger partial charge in [-0.25, -0.2) is 0 Å². The lowest BCUT2D eigenvalue weighted by Gasteiger charge is -2.18. The van der Waals surface area contributed by atoms with Gasteiger partial charge < -0.3 is 0 Å². The zero-order chi connectivity index (χ0) is 21.6. The Hall–Kier alpha value is -4.12. The molecule has 0 saturated carbocycles. The largest absolute Gasteiger partial charge is 0.268 e. The molecule has 0 atom stereocenters. The molecule has 4 heterocycles. The number of benzene rings is 1. The molecule has 0 aliphatic carbocycles. The van der Waals surface area contributed by atoms with E-state index < -0.39 is 0 Å². The summed E-state index contributed by atoms with van der Waals surface area (Å²) in [6.45, 7) is 0.733. The number of hydrogen-bond acceptors (Lipinski definition) is 4. The summed E-state index contributed by atoms with van der Waals surface area (Å²) in [5.41, 5.74) is 6.70. The molecule has 5 nitrogen and oxygen atoms in total. The average molecular weight is 418 g/mol. The molecule has 32 heavy (non-hydrogen) atoms. The lowest BCUT2D eigenvalue weighted by Crippen LogP contribution is -2.07. The fourth-order valence-corrected chi connectivity index (χ4v) is 4.02. The van der Waals surface area contributed by atoms with Gasteiger partial charge in [-0.2, -0.15) is 5.10 Å². The zero-order valence-corrected chi connectivity index (χ0v) is 17.6. The first-order valence-corrected chi connectivity index (χ1v) is 10.7. The van der Waals surface area contributed by atoms with Gasteiger partial charge in [0, 0.05) is 48.7 Å². The second-order valence-corrected chi connectivity index (χ2v) is 7.75. The van der Waals surface area contributed by atoms with Crippen LogP contribution in [0.15, 0.2) is 110 Å². The maximum Gasteiger partial charge on any atom is 0.0765 e. The molecule has 0 spiro atoms. The molecule has 0 aliphatic rings. The highest BCUT2D eigenvalue weighted by atomic mass is 15.3. The predicted octanol–water partition coefficient (Wildman–Crippen LogP) is 5.16. The molecule has 0 bridgehead atoms. The highest BCUT2D eigenvalue weighted by Crippen LogP contribution is 2.31. The molecule has 156 valence electrons. The van der Waals surface area contributed by atoms with E-state index in [1.807, 2.05) is 65.9 Å². The first-order chi connectivity index (χ1) is 15.9. The minimum atomic E-state index is 0.139. The molecule has 0 aliphatic heterocycles. The fraction of sp³-hybridized carbons (Fsp3) is 0.111. The minimum Gasteiger partial charge on any atom is -0.268 e. The summed E-state index contributed by atoms with van der Waals surface area (Å²) >= 11 is 0. The van der Waals surface area contributed by atoms with Crippen LogP contribution in [0.1, 0.15) is 28.2 Å². The summed E-state index contributed by atoms with van der Waals surface area (Å²) in [6, 6.07) is 22.7. The second kappa shape index (κ2) is 9.35. The van der Waals surface area contributed by atoms with Crippen molar-refractivity contribution in [3.05, 3.63) is 132 Å². The number of pyridine rings is 3.